The van der Waals surface area contributed by atoms with Crippen LogP contribution in [0.15, 0.2) is 92.5 Å². The summed E-state index contributed by atoms with van der Waals surface area (Å²) in [6.45, 7) is 23.8. The van der Waals surface area contributed by atoms with E-state index in [1.54, 1.807) is 90.7 Å². The third-order valence-electron chi connectivity index (χ3n) is 21.1. The minimum atomic E-state index is -0.286. The van der Waals surface area contributed by atoms with E-state index >= 15 is 0 Å². The van der Waals surface area contributed by atoms with E-state index in [-0.39, 0.29) is 23.9 Å². The molecule has 21 heteroatoms. The zero-order valence-corrected chi connectivity index (χ0v) is 79.0. The van der Waals surface area contributed by atoms with Gasteiger partial charge in [-0.2, -0.15) is 8.75 Å². The molecule has 10 rings (SSSR count). The van der Waals surface area contributed by atoms with E-state index in [2.05, 4.69) is 158 Å². The number of carbonyl (C=O) groups excluding carboxylic acids is 4. The van der Waals surface area contributed by atoms with Crippen LogP contribution in [-0.4, -0.2) is 59.1 Å². The van der Waals surface area contributed by atoms with E-state index in [0.29, 0.717) is 72.4 Å². The summed E-state index contributed by atoms with van der Waals surface area (Å²) in [5.74, 6) is 0.398. The molecular weight excluding hydrogens is 1710 g/mol. The van der Waals surface area contributed by atoms with Gasteiger partial charge in [-0.25, -0.2) is 19.2 Å². The SMILES string of the molecule is CCCCCCC(CCCC)COC(=O)c1cc(-c2cc(C(=O)OCC(CCCC)CCCCCC)c(-c3ccc(-c4ccc(C)c5nsnc45)s3)s2)sc1-c1ccc(C)s1.CCCCCCC(CCCC)COC(=O)c1cc(-c2cc(C(=O)OCC(CCCC)CCCCCC)c(-c3ccc(Br)s3)s2)sc1-c1ccc(Br)s1. The molecule has 0 fully saturated rings. The van der Waals surface area contributed by atoms with E-state index in [1.165, 1.54) is 119 Å². The number of hydrogen-bond acceptors (Lipinski definition) is 19. The number of hydrogen-bond donors (Lipinski definition) is 0. The highest BCUT2D eigenvalue weighted by molar-refractivity contribution is 9.11. The molecule has 113 heavy (non-hydrogen) atoms. The van der Waals surface area contributed by atoms with Crippen LogP contribution in [0.2, 0.25) is 0 Å². The van der Waals surface area contributed by atoms with E-state index in [4.69, 9.17) is 18.9 Å². The zero-order chi connectivity index (χ0) is 80.4. The van der Waals surface area contributed by atoms with Crippen LogP contribution < -0.4 is 0 Å². The molecule has 1 aromatic carbocycles. The monoisotopic (exact) mass is 1830 g/mol. The van der Waals surface area contributed by atoms with Gasteiger partial charge in [0.2, 0.25) is 0 Å². The smallest absolute Gasteiger partial charge is 0.339 e. The van der Waals surface area contributed by atoms with Gasteiger partial charge in [-0.3, -0.25) is 0 Å². The van der Waals surface area contributed by atoms with Crippen LogP contribution >= 0.6 is 134 Å². The summed E-state index contributed by atoms with van der Waals surface area (Å²) in [5, 5.41) is 0. The Morgan fingerprint density at radius 3 is 0.912 bits per heavy atom. The maximum absolute atomic E-state index is 14.3. The van der Waals surface area contributed by atoms with Crippen molar-refractivity contribution >= 4 is 169 Å². The summed E-state index contributed by atoms with van der Waals surface area (Å²) in [6.07, 6.45) is 37.3. The van der Waals surface area contributed by atoms with Crippen LogP contribution in [0.4, 0.5) is 0 Å². The standard InChI is InChI=1S/C50H64N2O4S5.C42H56Br2O4S4/c1-7-11-15-17-21-35(19-13-9-3)31-55-49(53)38-29-43(59-47(38)41-26-24-34(6)57-41)44-30-39(50(54)56-32-36(20-14-10-4)22-18-16-12-8-2)48(60-44)42-28-27-40(58-42)37-25-23-33(5)45-46(37)52-61-51-45;1-5-9-13-15-19-29(17-11-7-3)27-47-41(45)31-25-35(51-39(31)33-21-23-37(43)49-33)36-26-32(40(52-36)34-22-24-38(44)50-34)42(46)48-28-30(18-12-8-4)20-16-14-10-6-2/h23-30,35-36H,7-22,31-32H2,1-6H3;21-26,29-30H,5-20,27-28H2,1-4H3. The highest BCUT2D eigenvalue weighted by Crippen LogP contribution is 2.51. The lowest BCUT2D eigenvalue weighted by molar-refractivity contribution is 0.0415. The third kappa shape index (κ3) is 28.0. The molecule has 10 nitrogen and oxygen atoms in total. The first kappa shape index (κ1) is 92.4. The normalized spacial score (nSPS) is 12.6. The molecule has 614 valence electrons. The summed E-state index contributed by atoms with van der Waals surface area (Å²) in [5.41, 5.74) is 6.35. The molecular formula is C92H120Br2N2O8S9. The zero-order valence-electron chi connectivity index (χ0n) is 68.4. The lowest BCUT2D eigenvalue weighted by Gasteiger charge is -2.17. The fourth-order valence-corrected chi connectivity index (χ4v) is 24.9. The summed E-state index contributed by atoms with van der Waals surface area (Å²) >= 11 is 21.4. The maximum Gasteiger partial charge on any atom is 0.339 e. The molecule has 0 saturated carbocycles. The average molecular weight is 1830 g/mol. The van der Waals surface area contributed by atoms with E-state index in [1.807, 2.05) is 36.4 Å². The van der Waals surface area contributed by atoms with Crippen LogP contribution in [0.5, 0.6) is 0 Å². The molecule has 0 spiro atoms. The lowest BCUT2D eigenvalue weighted by Crippen LogP contribution is -2.15. The maximum atomic E-state index is 14.3. The van der Waals surface area contributed by atoms with Crippen LogP contribution in [-0.2, 0) is 18.9 Å². The minimum Gasteiger partial charge on any atom is -0.462 e. The Balaban J connectivity index is 0.000000263. The fraction of sp³-hybridized carbons (Fsp3) is 0.543. The highest BCUT2D eigenvalue weighted by atomic mass is 79.9. The molecule has 9 heterocycles. The van der Waals surface area contributed by atoms with Gasteiger partial charge in [0.15, 0.2) is 0 Å². The predicted octanol–water partition coefficient (Wildman–Crippen LogP) is 33.4. The van der Waals surface area contributed by atoms with Crippen molar-refractivity contribution < 1.29 is 38.1 Å². The molecule has 0 aliphatic heterocycles. The second kappa shape index (κ2) is 49.8. The second-order valence-electron chi connectivity index (χ2n) is 30.4. The van der Waals surface area contributed by atoms with Crippen LogP contribution in [0.1, 0.15) is 313 Å². The Bertz CT molecular complexity index is 4380. The Morgan fingerprint density at radius 1 is 0.310 bits per heavy atom. The van der Waals surface area contributed by atoms with E-state index < -0.39 is 0 Å². The van der Waals surface area contributed by atoms with Crippen molar-refractivity contribution in [2.24, 2.45) is 23.7 Å². The summed E-state index contributed by atoms with van der Waals surface area (Å²) in [6, 6.07) is 28.8. The second-order valence-corrected chi connectivity index (χ2v) is 42.4. The molecule has 0 aliphatic rings. The predicted molar refractivity (Wildman–Crippen MR) is 498 cm³/mol. The number of unbranched alkanes of at least 4 members (excludes halogenated alkanes) is 16. The Labute approximate surface area is 728 Å². The van der Waals surface area contributed by atoms with Gasteiger partial charge in [0.05, 0.1) is 87.5 Å². The van der Waals surface area contributed by atoms with Crippen molar-refractivity contribution in [2.75, 3.05) is 26.4 Å². The van der Waals surface area contributed by atoms with Gasteiger partial charge in [-0.05, 0) is 199 Å². The molecule has 0 N–H and O–H groups in total. The van der Waals surface area contributed by atoms with Gasteiger partial charge in [-0.1, -0.05) is 222 Å². The van der Waals surface area contributed by atoms with Gasteiger partial charge >= 0.3 is 23.9 Å². The molecule has 10 aromatic rings. The van der Waals surface area contributed by atoms with Crippen LogP contribution in [0.25, 0.3) is 80.0 Å². The van der Waals surface area contributed by atoms with Crippen molar-refractivity contribution in [3.63, 3.8) is 0 Å². The number of aryl methyl sites for hydroxylation is 2. The van der Waals surface area contributed by atoms with Gasteiger partial charge in [0.25, 0.3) is 0 Å². The van der Waals surface area contributed by atoms with E-state index in [0.717, 1.165) is 196 Å². The largest absolute Gasteiger partial charge is 0.462 e. The molecule has 0 aliphatic carbocycles. The molecule has 9 aromatic heterocycles. The Kier molecular flexibility index (Phi) is 40.7. The Hall–Kier alpha value is -4.52. The molecule has 0 bridgehead atoms. The first-order valence-corrected chi connectivity index (χ1v) is 51.0. The van der Waals surface area contributed by atoms with E-state index in [9.17, 15) is 19.2 Å². The molecule has 0 radical (unpaired) electrons. The first-order chi connectivity index (χ1) is 55.0. The highest BCUT2D eigenvalue weighted by Gasteiger charge is 2.30. The first-order valence-electron chi connectivity index (χ1n) is 42.2. The molecule has 4 unspecified atom stereocenters. The van der Waals surface area contributed by atoms with Gasteiger partial charge < -0.3 is 18.9 Å². The molecule has 0 saturated heterocycles. The lowest BCUT2D eigenvalue weighted by atomic mass is 9.96. The molecule has 0 amide bonds. The third-order valence-corrected chi connectivity index (χ3v) is 32.6. The number of benzene rings is 1. The topological polar surface area (TPSA) is 131 Å². The van der Waals surface area contributed by atoms with Crippen molar-refractivity contribution in [3.05, 3.63) is 125 Å². The minimum absolute atomic E-state index is 0.268. The van der Waals surface area contributed by atoms with Crippen molar-refractivity contribution in [1.82, 2.24) is 8.75 Å². The summed E-state index contributed by atoms with van der Waals surface area (Å²) in [7, 11) is 0. The van der Waals surface area contributed by atoms with Crippen molar-refractivity contribution in [2.45, 2.75) is 275 Å². The number of aromatic nitrogens is 2. The summed E-state index contributed by atoms with van der Waals surface area (Å²) < 4.78 is 35.9. The number of esters is 4. The summed E-state index contributed by atoms with van der Waals surface area (Å²) in [4.78, 5) is 70.0. The average Bonchev–Trinajstić information content (AvgIpc) is 1.63. The molecule has 4 atom stereocenters. The van der Waals surface area contributed by atoms with Gasteiger partial charge in [0, 0.05) is 54.3 Å². The van der Waals surface area contributed by atoms with Crippen molar-refractivity contribution in [1.29, 1.82) is 0 Å². The van der Waals surface area contributed by atoms with Gasteiger partial charge in [-0.15, -0.1) is 90.7 Å². The number of carbonyl (C=O) groups is 4. The van der Waals surface area contributed by atoms with Crippen molar-refractivity contribution in [3.8, 4) is 69.0 Å². The quantitative estimate of drug-likeness (QED) is 0.0206. The number of rotatable bonds is 51. The van der Waals surface area contributed by atoms with Crippen LogP contribution in [0, 0.1) is 37.5 Å². The number of ether oxygens (including phenoxy) is 4. The number of nitrogens with zero attached hydrogens (tertiary/aromatic N) is 2. The number of halogens is 2. The van der Waals surface area contributed by atoms with Crippen LogP contribution in [0.3, 0.4) is 0 Å². The van der Waals surface area contributed by atoms with Gasteiger partial charge in [0.1, 0.15) is 11.0 Å². The Morgan fingerprint density at radius 2 is 0.602 bits per heavy atom. The fourth-order valence-electron chi connectivity index (χ4n) is 14.4. The number of fused-ring (bicyclic) bond motifs is 1. The number of thiophene rings is 8.